The molecule has 1 N–H and O–H groups in total. The van der Waals surface area contributed by atoms with Crippen LogP contribution >= 0.6 is 15.9 Å². The number of amides is 1. The lowest BCUT2D eigenvalue weighted by Gasteiger charge is -2.20. The van der Waals surface area contributed by atoms with Crippen LogP contribution in [-0.4, -0.2) is 16.7 Å². The molecule has 0 radical (unpaired) electrons. The zero-order valence-electron chi connectivity index (χ0n) is 10.4. The van der Waals surface area contributed by atoms with E-state index >= 15 is 0 Å². The molecule has 1 aromatic heterocycles. The molecule has 1 heterocycles. The second kappa shape index (κ2) is 5.36. The minimum Gasteiger partial charge on any atom is -0.444 e. The molecular formula is C11H12BrF3N2O2. The van der Waals surface area contributed by atoms with Crippen LogP contribution in [0.4, 0.5) is 23.8 Å². The number of ether oxygens (including phenoxy) is 1. The number of nitrogens with zero attached hydrogens (tertiary/aromatic N) is 1. The number of carbonyl (C=O) groups is 1. The van der Waals surface area contributed by atoms with E-state index in [4.69, 9.17) is 4.74 Å². The van der Waals surface area contributed by atoms with Gasteiger partial charge in [-0.2, -0.15) is 13.2 Å². The van der Waals surface area contributed by atoms with Crippen LogP contribution in [-0.2, 0) is 10.9 Å². The SMILES string of the molecule is CC(C)(C)OC(=O)Nc1ncc(Br)cc1C(F)(F)F. The number of rotatable bonds is 1. The first-order valence-corrected chi connectivity index (χ1v) is 6.01. The fourth-order valence-corrected chi connectivity index (χ4v) is 1.49. The van der Waals surface area contributed by atoms with E-state index in [0.29, 0.717) is 0 Å². The molecule has 0 fully saturated rings. The van der Waals surface area contributed by atoms with Gasteiger partial charge in [0.05, 0.1) is 5.56 Å². The topological polar surface area (TPSA) is 51.2 Å². The summed E-state index contributed by atoms with van der Waals surface area (Å²) in [7, 11) is 0. The van der Waals surface area contributed by atoms with Gasteiger partial charge in [0.2, 0.25) is 0 Å². The maximum atomic E-state index is 12.8. The Kier molecular flexibility index (Phi) is 4.44. The molecule has 0 bridgehead atoms. The van der Waals surface area contributed by atoms with Gasteiger partial charge < -0.3 is 4.74 Å². The minimum atomic E-state index is -4.62. The molecular weight excluding hydrogens is 329 g/mol. The number of nitrogens with one attached hydrogen (secondary N) is 1. The third-order valence-corrected chi connectivity index (χ3v) is 2.21. The van der Waals surface area contributed by atoms with Gasteiger partial charge in [-0.25, -0.2) is 9.78 Å². The Labute approximate surface area is 116 Å². The lowest BCUT2D eigenvalue weighted by molar-refractivity contribution is -0.137. The van der Waals surface area contributed by atoms with Gasteiger partial charge in [0.25, 0.3) is 0 Å². The zero-order valence-corrected chi connectivity index (χ0v) is 12.0. The predicted octanol–water partition coefficient (Wildman–Crippen LogP) is 4.21. The van der Waals surface area contributed by atoms with Gasteiger partial charge in [-0.15, -0.1) is 0 Å². The third kappa shape index (κ3) is 5.06. The molecule has 1 rings (SSSR count). The summed E-state index contributed by atoms with van der Waals surface area (Å²) in [6.07, 6.45) is -4.46. The summed E-state index contributed by atoms with van der Waals surface area (Å²) in [5.74, 6) is -0.593. The number of alkyl halides is 3. The van der Waals surface area contributed by atoms with Gasteiger partial charge in [-0.05, 0) is 42.8 Å². The number of hydrogen-bond acceptors (Lipinski definition) is 3. The largest absolute Gasteiger partial charge is 0.444 e. The third-order valence-electron chi connectivity index (χ3n) is 1.78. The summed E-state index contributed by atoms with van der Waals surface area (Å²) in [6, 6.07) is 0.833. The molecule has 0 saturated carbocycles. The van der Waals surface area contributed by atoms with Crippen molar-refractivity contribution in [3.05, 3.63) is 22.3 Å². The van der Waals surface area contributed by atoms with Crippen molar-refractivity contribution in [3.8, 4) is 0 Å². The predicted molar refractivity (Wildman–Crippen MR) is 66.8 cm³/mol. The van der Waals surface area contributed by atoms with Crippen LogP contribution in [0.25, 0.3) is 0 Å². The van der Waals surface area contributed by atoms with Gasteiger partial charge in [0, 0.05) is 10.7 Å². The highest BCUT2D eigenvalue weighted by atomic mass is 79.9. The van der Waals surface area contributed by atoms with Crippen LogP contribution in [0.1, 0.15) is 26.3 Å². The lowest BCUT2D eigenvalue weighted by atomic mass is 10.2. The first-order chi connectivity index (χ1) is 8.49. The van der Waals surface area contributed by atoms with Crippen molar-refractivity contribution in [2.45, 2.75) is 32.5 Å². The average Bonchev–Trinajstić information content (AvgIpc) is 2.16. The van der Waals surface area contributed by atoms with Crippen LogP contribution in [0, 0.1) is 0 Å². The Hall–Kier alpha value is -1.31. The van der Waals surface area contributed by atoms with Crippen molar-refractivity contribution in [1.29, 1.82) is 0 Å². The number of halogens is 4. The minimum absolute atomic E-state index is 0.162. The molecule has 1 aromatic rings. The smallest absolute Gasteiger partial charge is 0.420 e. The summed E-state index contributed by atoms with van der Waals surface area (Å²) >= 11 is 2.90. The molecule has 0 atom stereocenters. The van der Waals surface area contributed by atoms with E-state index in [1.165, 1.54) is 0 Å². The molecule has 0 unspecified atom stereocenters. The summed E-state index contributed by atoms with van der Waals surface area (Å²) in [5.41, 5.74) is -1.86. The number of pyridine rings is 1. The van der Waals surface area contributed by atoms with Crippen molar-refractivity contribution in [2.24, 2.45) is 0 Å². The maximum absolute atomic E-state index is 12.8. The monoisotopic (exact) mass is 340 g/mol. The standard InChI is InChI=1S/C11H12BrF3N2O2/c1-10(2,3)19-9(18)17-8-7(11(13,14)15)4-6(12)5-16-8/h4-5H,1-3H3,(H,16,17,18). The van der Waals surface area contributed by atoms with Crippen LogP contribution in [0.2, 0.25) is 0 Å². The molecule has 0 saturated heterocycles. The molecule has 4 nitrogen and oxygen atoms in total. The van der Waals surface area contributed by atoms with Crippen LogP contribution < -0.4 is 5.32 Å². The number of anilines is 1. The molecule has 8 heteroatoms. The Morgan fingerprint density at radius 2 is 1.95 bits per heavy atom. The van der Waals surface area contributed by atoms with Crippen molar-refractivity contribution in [1.82, 2.24) is 4.98 Å². The highest BCUT2D eigenvalue weighted by Crippen LogP contribution is 2.35. The first-order valence-electron chi connectivity index (χ1n) is 5.22. The normalized spacial score (nSPS) is 12.2. The zero-order chi connectivity index (χ0) is 14.8. The highest BCUT2D eigenvalue weighted by Gasteiger charge is 2.35. The number of aromatic nitrogens is 1. The lowest BCUT2D eigenvalue weighted by Crippen LogP contribution is -2.28. The molecule has 0 aliphatic rings. The highest BCUT2D eigenvalue weighted by molar-refractivity contribution is 9.10. The Balaban J connectivity index is 2.99. The van der Waals surface area contributed by atoms with E-state index in [0.717, 1.165) is 12.3 Å². The van der Waals surface area contributed by atoms with Gasteiger partial charge >= 0.3 is 12.3 Å². The van der Waals surface area contributed by atoms with Gasteiger partial charge in [-0.3, -0.25) is 5.32 Å². The van der Waals surface area contributed by atoms with Gasteiger partial charge in [0.15, 0.2) is 0 Å². The van der Waals surface area contributed by atoms with Crippen LogP contribution in [0.5, 0.6) is 0 Å². The van der Waals surface area contributed by atoms with Crippen molar-refractivity contribution in [3.63, 3.8) is 0 Å². The van der Waals surface area contributed by atoms with Gasteiger partial charge in [0.1, 0.15) is 11.4 Å². The van der Waals surface area contributed by atoms with Gasteiger partial charge in [-0.1, -0.05) is 0 Å². The molecule has 1 amide bonds. The van der Waals surface area contributed by atoms with E-state index in [-0.39, 0.29) is 4.47 Å². The van der Waals surface area contributed by atoms with Crippen LogP contribution in [0.3, 0.4) is 0 Å². The van der Waals surface area contributed by atoms with Crippen molar-refractivity contribution >= 4 is 27.8 Å². The fraction of sp³-hybridized carbons (Fsp3) is 0.455. The molecule has 106 valence electrons. The second-order valence-electron chi connectivity index (χ2n) is 4.67. The van der Waals surface area contributed by atoms with Crippen molar-refractivity contribution in [2.75, 3.05) is 5.32 Å². The Morgan fingerprint density at radius 1 is 1.37 bits per heavy atom. The van der Waals surface area contributed by atoms with Crippen LogP contribution in [0.15, 0.2) is 16.7 Å². The summed E-state index contributed by atoms with van der Waals surface area (Å²) in [6.45, 7) is 4.81. The average molecular weight is 341 g/mol. The first kappa shape index (κ1) is 15.7. The Morgan fingerprint density at radius 3 is 2.42 bits per heavy atom. The maximum Gasteiger partial charge on any atom is 0.420 e. The fourth-order valence-electron chi connectivity index (χ4n) is 1.16. The van der Waals surface area contributed by atoms with E-state index in [2.05, 4.69) is 20.9 Å². The quantitative estimate of drug-likeness (QED) is 0.833. The van der Waals surface area contributed by atoms with Crippen molar-refractivity contribution < 1.29 is 22.7 Å². The van der Waals surface area contributed by atoms with E-state index in [9.17, 15) is 18.0 Å². The number of hydrogen-bond donors (Lipinski definition) is 1. The molecule has 0 aromatic carbocycles. The summed E-state index contributed by atoms with van der Waals surface area (Å²) in [5, 5.41) is 1.99. The summed E-state index contributed by atoms with van der Waals surface area (Å²) < 4.78 is 43.3. The van der Waals surface area contributed by atoms with E-state index < -0.39 is 29.3 Å². The molecule has 19 heavy (non-hydrogen) atoms. The van der Waals surface area contributed by atoms with E-state index in [1.807, 2.05) is 5.32 Å². The molecule has 0 aliphatic heterocycles. The summed E-state index contributed by atoms with van der Waals surface area (Å²) in [4.78, 5) is 15.0. The number of carbonyl (C=O) groups excluding carboxylic acids is 1. The van der Waals surface area contributed by atoms with E-state index in [1.54, 1.807) is 20.8 Å². The molecule has 0 spiro atoms. The Bertz CT molecular complexity index is 484. The second-order valence-corrected chi connectivity index (χ2v) is 5.59. The molecule has 0 aliphatic carbocycles.